The van der Waals surface area contributed by atoms with Crippen LogP contribution in [-0.2, 0) is 6.54 Å². The maximum absolute atomic E-state index is 12.5. The summed E-state index contributed by atoms with van der Waals surface area (Å²) >= 11 is 1.88. The summed E-state index contributed by atoms with van der Waals surface area (Å²) in [6.45, 7) is 4.44. The van der Waals surface area contributed by atoms with Crippen molar-refractivity contribution in [3.8, 4) is 0 Å². The molecule has 1 N–H and O–H groups in total. The SMILES string of the molecule is CS[C@@H]1CCC[C@@H]1NC(=O)N1CCN(Cc2ccncc2)CC1. The molecule has 2 amide bonds. The number of urea groups is 1. The van der Waals surface area contributed by atoms with Crippen molar-refractivity contribution in [2.45, 2.75) is 37.1 Å². The quantitative estimate of drug-likeness (QED) is 0.917. The summed E-state index contributed by atoms with van der Waals surface area (Å²) in [4.78, 5) is 20.9. The molecule has 1 aliphatic heterocycles. The third kappa shape index (κ3) is 4.38. The third-order valence-electron chi connectivity index (χ3n) is 4.88. The molecule has 2 atom stereocenters. The lowest BCUT2D eigenvalue weighted by molar-refractivity contribution is 0.133. The molecule has 1 saturated heterocycles. The molecule has 1 aromatic rings. The third-order valence-corrected chi connectivity index (χ3v) is 6.05. The van der Waals surface area contributed by atoms with Crippen LogP contribution in [0, 0.1) is 0 Å². The van der Waals surface area contributed by atoms with Gasteiger partial charge in [0, 0.05) is 56.4 Å². The van der Waals surface area contributed by atoms with E-state index in [2.05, 4.69) is 33.6 Å². The van der Waals surface area contributed by atoms with Gasteiger partial charge in [0.1, 0.15) is 0 Å². The molecule has 126 valence electrons. The molecule has 3 rings (SSSR count). The van der Waals surface area contributed by atoms with E-state index in [-0.39, 0.29) is 6.03 Å². The Kier molecular flexibility index (Phi) is 5.78. The Morgan fingerprint density at radius 1 is 1.26 bits per heavy atom. The molecule has 5 nitrogen and oxygen atoms in total. The fourth-order valence-electron chi connectivity index (χ4n) is 3.48. The second-order valence-electron chi connectivity index (χ2n) is 6.38. The van der Waals surface area contributed by atoms with Crippen LogP contribution in [0.1, 0.15) is 24.8 Å². The first kappa shape index (κ1) is 16.6. The summed E-state index contributed by atoms with van der Waals surface area (Å²) in [5.41, 5.74) is 1.28. The highest BCUT2D eigenvalue weighted by molar-refractivity contribution is 7.99. The number of carbonyl (C=O) groups excluding carboxylic acids is 1. The van der Waals surface area contributed by atoms with Gasteiger partial charge in [0.25, 0.3) is 0 Å². The van der Waals surface area contributed by atoms with Crippen molar-refractivity contribution in [1.29, 1.82) is 0 Å². The predicted molar refractivity (Wildman–Crippen MR) is 94.6 cm³/mol. The lowest BCUT2D eigenvalue weighted by atomic mass is 10.2. The molecule has 1 aliphatic carbocycles. The molecule has 0 spiro atoms. The minimum Gasteiger partial charge on any atom is -0.334 e. The van der Waals surface area contributed by atoms with Crippen LogP contribution >= 0.6 is 11.8 Å². The lowest BCUT2D eigenvalue weighted by Gasteiger charge is -2.35. The summed E-state index contributed by atoms with van der Waals surface area (Å²) in [5.74, 6) is 0. The Morgan fingerprint density at radius 2 is 2.00 bits per heavy atom. The minimum absolute atomic E-state index is 0.125. The Hall–Kier alpha value is -1.27. The number of carbonyl (C=O) groups is 1. The molecule has 23 heavy (non-hydrogen) atoms. The maximum atomic E-state index is 12.5. The van der Waals surface area contributed by atoms with Gasteiger partial charge in [-0.1, -0.05) is 6.42 Å². The smallest absolute Gasteiger partial charge is 0.317 e. The molecule has 1 saturated carbocycles. The van der Waals surface area contributed by atoms with E-state index in [1.165, 1.54) is 18.4 Å². The first-order valence-electron chi connectivity index (χ1n) is 8.46. The highest BCUT2D eigenvalue weighted by atomic mass is 32.2. The molecule has 6 heteroatoms. The van der Waals surface area contributed by atoms with E-state index in [9.17, 15) is 4.79 Å². The zero-order valence-corrected chi connectivity index (χ0v) is 14.6. The Balaban J connectivity index is 1.44. The second kappa shape index (κ2) is 8.02. The summed E-state index contributed by atoms with van der Waals surface area (Å²) in [6, 6.07) is 4.59. The summed E-state index contributed by atoms with van der Waals surface area (Å²) < 4.78 is 0. The van der Waals surface area contributed by atoms with Crippen LogP contribution in [0.3, 0.4) is 0 Å². The standard InChI is InChI=1S/C17H26N4OS/c1-23-16-4-2-3-15(16)19-17(22)21-11-9-20(10-12-21)13-14-5-7-18-8-6-14/h5-8,15-16H,2-4,9-13H2,1H3,(H,19,22)/t15-,16+/m0/s1. The lowest BCUT2D eigenvalue weighted by Crippen LogP contribution is -2.53. The zero-order valence-electron chi connectivity index (χ0n) is 13.8. The van der Waals surface area contributed by atoms with Crippen molar-refractivity contribution in [1.82, 2.24) is 20.1 Å². The largest absolute Gasteiger partial charge is 0.334 e. The highest BCUT2D eigenvalue weighted by Crippen LogP contribution is 2.28. The normalized spacial score (nSPS) is 25.5. The molecule has 0 aromatic carbocycles. The molecule has 0 unspecified atom stereocenters. The van der Waals surface area contributed by atoms with Crippen molar-refractivity contribution in [2.24, 2.45) is 0 Å². The van der Waals surface area contributed by atoms with E-state index < -0.39 is 0 Å². The molecule has 1 aromatic heterocycles. The molecular weight excluding hydrogens is 308 g/mol. The van der Waals surface area contributed by atoms with Gasteiger partial charge in [-0.2, -0.15) is 11.8 Å². The van der Waals surface area contributed by atoms with Crippen LogP contribution in [0.4, 0.5) is 4.79 Å². The van der Waals surface area contributed by atoms with E-state index in [1.54, 1.807) is 0 Å². The minimum atomic E-state index is 0.125. The van der Waals surface area contributed by atoms with E-state index in [0.717, 1.165) is 39.1 Å². The highest BCUT2D eigenvalue weighted by Gasteiger charge is 2.30. The van der Waals surface area contributed by atoms with Gasteiger partial charge in [0.15, 0.2) is 0 Å². The van der Waals surface area contributed by atoms with Crippen LogP contribution in [0.2, 0.25) is 0 Å². The molecule has 0 radical (unpaired) electrons. The van der Waals surface area contributed by atoms with Crippen LogP contribution in [0.5, 0.6) is 0 Å². The molecular formula is C17H26N4OS. The maximum Gasteiger partial charge on any atom is 0.317 e. The van der Waals surface area contributed by atoms with Crippen LogP contribution < -0.4 is 5.32 Å². The fraction of sp³-hybridized carbons (Fsp3) is 0.647. The van der Waals surface area contributed by atoms with Gasteiger partial charge in [-0.3, -0.25) is 9.88 Å². The summed E-state index contributed by atoms with van der Waals surface area (Å²) in [7, 11) is 0. The average molecular weight is 334 g/mol. The number of piperazine rings is 1. The second-order valence-corrected chi connectivity index (χ2v) is 7.46. The summed E-state index contributed by atoms with van der Waals surface area (Å²) in [6.07, 6.45) is 9.40. The first-order chi connectivity index (χ1) is 11.3. The molecule has 2 fully saturated rings. The van der Waals surface area contributed by atoms with Crippen molar-refractivity contribution < 1.29 is 4.79 Å². The van der Waals surface area contributed by atoms with E-state index in [0.29, 0.717) is 11.3 Å². The number of amides is 2. The van der Waals surface area contributed by atoms with Gasteiger partial charge < -0.3 is 10.2 Å². The van der Waals surface area contributed by atoms with Crippen LogP contribution in [0.25, 0.3) is 0 Å². The van der Waals surface area contributed by atoms with E-state index >= 15 is 0 Å². The van der Waals surface area contributed by atoms with Gasteiger partial charge in [-0.25, -0.2) is 4.79 Å². The van der Waals surface area contributed by atoms with Gasteiger partial charge in [0.2, 0.25) is 0 Å². The number of hydrogen-bond donors (Lipinski definition) is 1. The van der Waals surface area contributed by atoms with Crippen molar-refractivity contribution in [3.05, 3.63) is 30.1 Å². The number of hydrogen-bond acceptors (Lipinski definition) is 4. The molecule has 2 heterocycles. The van der Waals surface area contributed by atoms with Crippen LogP contribution in [-0.4, -0.2) is 64.5 Å². The van der Waals surface area contributed by atoms with Gasteiger partial charge in [-0.15, -0.1) is 0 Å². The fourth-order valence-corrected chi connectivity index (χ4v) is 4.41. The number of nitrogens with one attached hydrogen (secondary N) is 1. The topological polar surface area (TPSA) is 48.5 Å². The van der Waals surface area contributed by atoms with E-state index in [4.69, 9.17) is 0 Å². The van der Waals surface area contributed by atoms with Gasteiger partial charge in [0.05, 0.1) is 0 Å². The summed E-state index contributed by atoms with van der Waals surface area (Å²) in [5, 5.41) is 3.84. The number of thioether (sulfide) groups is 1. The molecule has 2 aliphatic rings. The number of nitrogens with zero attached hydrogens (tertiary/aromatic N) is 3. The monoisotopic (exact) mass is 334 g/mol. The Labute approximate surface area is 142 Å². The first-order valence-corrected chi connectivity index (χ1v) is 9.74. The Bertz CT molecular complexity index is 505. The predicted octanol–water partition coefficient (Wildman–Crippen LogP) is 2.19. The number of pyridine rings is 1. The van der Waals surface area contributed by atoms with Crippen LogP contribution in [0.15, 0.2) is 24.5 Å². The molecule has 0 bridgehead atoms. The number of rotatable bonds is 4. The Morgan fingerprint density at radius 3 is 2.70 bits per heavy atom. The van der Waals surface area contributed by atoms with Crippen molar-refractivity contribution in [2.75, 3.05) is 32.4 Å². The van der Waals surface area contributed by atoms with Gasteiger partial charge >= 0.3 is 6.03 Å². The average Bonchev–Trinajstić information content (AvgIpc) is 3.03. The van der Waals surface area contributed by atoms with Crippen molar-refractivity contribution in [3.63, 3.8) is 0 Å². The van der Waals surface area contributed by atoms with Gasteiger partial charge in [-0.05, 0) is 36.8 Å². The number of aromatic nitrogens is 1. The van der Waals surface area contributed by atoms with E-state index in [1.807, 2.05) is 29.1 Å². The zero-order chi connectivity index (χ0) is 16.1. The van der Waals surface area contributed by atoms with Crippen molar-refractivity contribution >= 4 is 17.8 Å².